The number of hydrogen-bond acceptors (Lipinski definition) is 4. The summed E-state index contributed by atoms with van der Waals surface area (Å²) in [5, 5.41) is 0.244. The lowest BCUT2D eigenvalue weighted by molar-refractivity contribution is 0.0938. The number of aryl methyl sites for hydroxylation is 1. The van der Waals surface area contributed by atoms with Crippen molar-refractivity contribution in [1.82, 2.24) is 19.1 Å². The van der Waals surface area contributed by atoms with Gasteiger partial charge >= 0.3 is 5.69 Å². The first kappa shape index (κ1) is 12.6. The highest BCUT2D eigenvalue weighted by Gasteiger charge is 2.43. The van der Waals surface area contributed by atoms with Gasteiger partial charge in [0.05, 0.1) is 18.2 Å². The summed E-state index contributed by atoms with van der Waals surface area (Å²) >= 11 is 12.0. The molecule has 6 nitrogen and oxygen atoms in total. The van der Waals surface area contributed by atoms with Crippen molar-refractivity contribution in [2.24, 2.45) is 7.05 Å². The van der Waals surface area contributed by atoms with Crippen molar-refractivity contribution in [2.45, 2.75) is 37.5 Å². The van der Waals surface area contributed by atoms with Gasteiger partial charge in [-0.15, -0.1) is 0 Å². The first-order valence-corrected chi connectivity index (χ1v) is 7.27. The van der Waals surface area contributed by atoms with E-state index < -0.39 is 0 Å². The fourth-order valence-electron chi connectivity index (χ4n) is 3.38. The Kier molecular flexibility index (Phi) is 2.64. The molecule has 8 heteroatoms. The standard InChI is InChI=1S/C12H12Cl2N4O2/c1-17-8-9(13)15-11(14)16-10(8)18(12(17)19)6-4-5-2-3-7(6)20-5/h5-7H,2-4H2,1H3/t5?,6-,7?/m0/s1. The van der Waals surface area contributed by atoms with Crippen molar-refractivity contribution in [2.75, 3.05) is 0 Å². The fourth-order valence-corrected chi connectivity index (χ4v) is 3.88. The number of fused-ring (bicyclic) bond motifs is 3. The fraction of sp³-hybridized carbons (Fsp3) is 0.583. The molecule has 0 aromatic carbocycles. The molecule has 0 aliphatic carbocycles. The number of nitrogens with zero attached hydrogens (tertiary/aromatic N) is 4. The van der Waals surface area contributed by atoms with Gasteiger partial charge in [0.15, 0.2) is 10.8 Å². The molecule has 106 valence electrons. The summed E-state index contributed by atoms with van der Waals surface area (Å²) in [6.45, 7) is 0. The van der Waals surface area contributed by atoms with Crippen molar-refractivity contribution < 1.29 is 4.74 Å². The van der Waals surface area contributed by atoms with E-state index in [1.807, 2.05) is 0 Å². The molecular weight excluding hydrogens is 303 g/mol. The van der Waals surface area contributed by atoms with E-state index in [1.165, 1.54) is 4.57 Å². The van der Waals surface area contributed by atoms with Crippen LogP contribution in [0.15, 0.2) is 4.79 Å². The van der Waals surface area contributed by atoms with E-state index in [4.69, 9.17) is 27.9 Å². The van der Waals surface area contributed by atoms with Gasteiger partial charge < -0.3 is 4.74 Å². The molecule has 20 heavy (non-hydrogen) atoms. The van der Waals surface area contributed by atoms with Gasteiger partial charge in [-0.05, 0) is 30.9 Å². The summed E-state index contributed by atoms with van der Waals surface area (Å²) in [5.74, 6) is 0. The monoisotopic (exact) mass is 314 g/mol. The van der Waals surface area contributed by atoms with Crippen LogP contribution < -0.4 is 5.69 Å². The Balaban J connectivity index is 2.00. The summed E-state index contributed by atoms with van der Waals surface area (Å²) in [4.78, 5) is 20.6. The van der Waals surface area contributed by atoms with Crippen molar-refractivity contribution >= 4 is 34.4 Å². The van der Waals surface area contributed by atoms with Crippen LogP contribution in [-0.4, -0.2) is 31.3 Å². The number of rotatable bonds is 1. The minimum absolute atomic E-state index is 0.00647. The van der Waals surface area contributed by atoms with Crippen LogP contribution in [-0.2, 0) is 11.8 Å². The molecular formula is C12H12Cl2N4O2. The Morgan fingerprint density at radius 3 is 2.75 bits per heavy atom. The first-order valence-electron chi connectivity index (χ1n) is 6.51. The maximum absolute atomic E-state index is 12.5. The normalized spacial score (nSPS) is 28.6. The maximum atomic E-state index is 12.5. The Hall–Kier alpha value is -1.11. The minimum atomic E-state index is -0.153. The molecule has 2 bridgehead atoms. The second-order valence-electron chi connectivity index (χ2n) is 5.34. The van der Waals surface area contributed by atoms with Gasteiger partial charge in [0.1, 0.15) is 5.52 Å². The highest BCUT2D eigenvalue weighted by molar-refractivity contribution is 6.35. The van der Waals surface area contributed by atoms with Gasteiger partial charge in [-0.3, -0.25) is 9.13 Å². The number of ether oxygens (including phenoxy) is 1. The second-order valence-corrected chi connectivity index (χ2v) is 6.04. The van der Waals surface area contributed by atoms with Gasteiger partial charge in [-0.2, -0.15) is 4.98 Å². The molecule has 3 atom stereocenters. The van der Waals surface area contributed by atoms with E-state index in [0.717, 1.165) is 19.3 Å². The third-order valence-corrected chi connectivity index (χ3v) is 4.69. The molecule has 4 heterocycles. The molecule has 4 rings (SSSR count). The Bertz CT molecular complexity index is 769. The van der Waals surface area contributed by atoms with Gasteiger partial charge in [0, 0.05) is 7.05 Å². The molecule has 2 aromatic rings. The lowest BCUT2D eigenvalue weighted by atomic mass is 9.95. The highest BCUT2D eigenvalue weighted by Crippen LogP contribution is 2.42. The van der Waals surface area contributed by atoms with Crippen LogP contribution in [0.5, 0.6) is 0 Å². The van der Waals surface area contributed by atoms with Gasteiger partial charge in [0.25, 0.3) is 0 Å². The second kappa shape index (κ2) is 4.19. The zero-order chi connectivity index (χ0) is 14.0. The molecule has 0 saturated carbocycles. The largest absolute Gasteiger partial charge is 0.373 e. The van der Waals surface area contributed by atoms with Crippen molar-refractivity contribution in [3.8, 4) is 0 Å². The number of imidazole rings is 1. The Labute approximate surface area is 124 Å². The van der Waals surface area contributed by atoms with Crippen LogP contribution in [0.4, 0.5) is 0 Å². The number of halogens is 2. The van der Waals surface area contributed by atoms with Crippen LogP contribution in [0.1, 0.15) is 25.3 Å². The Morgan fingerprint density at radius 1 is 1.30 bits per heavy atom. The van der Waals surface area contributed by atoms with Gasteiger partial charge in [-0.25, -0.2) is 9.78 Å². The van der Waals surface area contributed by atoms with E-state index in [1.54, 1.807) is 11.6 Å². The lowest BCUT2D eigenvalue weighted by Crippen LogP contribution is -2.31. The predicted molar refractivity (Wildman–Crippen MR) is 74.3 cm³/mol. The molecule has 2 aliphatic rings. The van der Waals surface area contributed by atoms with E-state index in [-0.39, 0.29) is 34.4 Å². The van der Waals surface area contributed by atoms with E-state index in [9.17, 15) is 4.79 Å². The van der Waals surface area contributed by atoms with Crippen LogP contribution in [0.2, 0.25) is 10.4 Å². The Morgan fingerprint density at radius 2 is 2.10 bits per heavy atom. The summed E-state index contributed by atoms with van der Waals surface area (Å²) < 4.78 is 8.97. The average molecular weight is 315 g/mol. The van der Waals surface area contributed by atoms with Crippen LogP contribution in [0.3, 0.4) is 0 Å². The molecule has 2 aromatic heterocycles. The SMILES string of the molecule is Cn1c(=O)n([C@H]2CC3CCC2O3)c2nc(Cl)nc(Cl)c21. The summed E-state index contributed by atoms with van der Waals surface area (Å²) in [6, 6.07) is 0.00647. The summed E-state index contributed by atoms with van der Waals surface area (Å²) in [5.41, 5.74) is 0.854. The molecule has 2 fully saturated rings. The smallest absolute Gasteiger partial charge is 0.330 e. The quantitative estimate of drug-likeness (QED) is 0.596. The molecule has 2 saturated heterocycles. The summed E-state index contributed by atoms with van der Waals surface area (Å²) in [7, 11) is 1.67. The van der Waals surface area contributed by atoms with Crippen molar-refractivity contribution in [3.63, 3.8) is 0 Å². The average Bonchev–Trinajstić information content (AvgIpc) is 3.05. The molecule has 0 N–H and O–H groups in total. The van der Waals surface area contributed by atoms with E-state index in [0.29, 0.717) is 11.2 Å². The van der Waals surface area contributed by atoms with Crippen molar-refractivity contribution in [3.05, 3.63) is 20.9 Å². The molecule has 0 spiro atoms. The zero-order valence-corrected chi connectivity index (χ0v) is 12.2. The zero-order valence-electron chi connectivity index (χ0n) is 10.7. The third-order valence-electron chi connectivity index (χ3n) is 4.26. The van der Waals surface area contributed by atoms with Crippen LogP contribution in [0, 0.1) is 0 Å². The van der Waals surface area contributed by atoms with Crippen molar-refractivity contribution in [1.29, 1.82) is 0 Å². The van der Waals surface area contributed by atoms with Gasteiger partial charge in [0.2, 0.25) is 5.28 Å². The molecule has 2 aliphatic heterocycles. The van der Waals surface area contributed by atoms with E-state index in [2.05, 4.69) is 9.97 Å². The minimum Gasteiger partial charge on any atom is -0.373 e. The lowest BCUT2D eigenvalue weighted by Gasteiger charge is -2.19. The third kappa shape index (κ3) is 1.58. The maximum Gasteiger partial charge on any atom is 0.330 e. The van der Waals surface area contributed by atoms with Crippen LogP contribution in [0.25, 0.3) is 11.2 Å². The van der Waals surface area contributed by atoms with E-state index >= 15 is 0 Å². The highest BCUT2D eigenvalue weighted by atomic mass is 35.5. The summed E-state index contributed by atoms with van der Waals surface area (Å²) in [6.07, 6.45) is 3.21. The van der Waals surface area contributed by atoms with Crippen LogP contribution >= 0.6 is 23.2 Å². The van der Waals surface area contributed by atoms with Gasteiger partial charge in [-0.1, -0.05) is 11.6 Å². The number of aromatic nitrogens is 4. The number of hydrogen-bond donors (Lipinski definition) is 0. The predicted octanol–water partition coefficient (Wildman–Crippen LogP) is 1.93. The molecule has 2 unspecified atom stereocenters. The first-order chi connectivity index (χ1) is 9.56. The molecule has 0 amide bonds. The topological polar surface area (TPSA) is 61.9 Å². The molecule has 0 radical (unpaired) electrons.